The quantitative estimate of drug-likeness (QED) is 0.413. The lowest BCUT2D eigenvalue weighted by molar-refractivity contribution is 0.0979. The van der Waals surface area contributed by atoms with Gasteiger partial charge in [0.25, 0.3) is 0 Å². The van der Waals surface area contributed by atoms with E-state index in [0.717, 1.165) is 5.75 Å². The molecule has 0 bridgehead atoms. The number of fused-ring (bicyclic) bond motifs is 2. The molecule has 1 aliphatic carbocycles. The monoisotopic (exact) mass is 490 g/mol. The van der Waals surface area contributed by atoms with Gasteiger partial charge in [-0.05, 0) is 37.3 Å². The SMILES string of the molecule is Cc1ccc(OCCN2CCN(S(=O)(=O)c3ccc4c(c3)C(=O)c3ccccc3C4=O)CC2)cc1. The smallest absolute Gasteiger partial charge is 0.243 e. The van der Waals surface area contributed by atoms with Crippen molar-refractivity contribution in [1.82, 2.24) is 9.21 Å². The van der Waals surface area contributed by atoms with Crippen LogP contribution in [0.2, 0.25) is 0 Å². The minimum atomic E-state index is -3.79. The van der Waals surface area contributed by atoms with E-state index in [0.29, 0.717) is 50.5 Å². The predicted molar refractivity (Wildman–Crippen MR) is 132 cm³/mol. The molecule has 1 saturated heterocycles. The number of carbonyl (C=O) groups is 2. The Kier molecular flexibility index (Phi) is 6.27. The number of hydrogen-bond donors (Lipinski definition) is 0. The molecule has 0 aromatic heterocycles. The highest BCUT2D eigenvalue weighted by Crippen LogP contribution is 2.30. The molecule has 1 aliphatic heterocycles. The molecular weight excluding hydrogens is 464 g/mol. The van der Waals surface area contributed by atoms with Crippen molar-refractivity contribution in [2.45, 2.75) is 11.8 Å². The molecule has 7 nitrogen and oxygen atoms in total. The molecule has 3 aromatic rings. The zero-order valence-corrected chi connectivity index (χ0v) is 20.3. The van der Waals surface area contributed by atoms with E-state index in [4.69, 9.17) is 4.74 Å². The Labute approximate surface area is 205 Å². The van der Waals surface area contributed by atoms with Crippen molar-refractivity contribution in [2.75, 3.05) is 39.3 Å². The summed E-state index contributed by atoms with van der Waals surface area (Å²) in [5.41, 5.74) is 2.21. The van der Waals surface area contributed by atoms with E-state index < -0.39 is 10.0 Å². The number of rotatable bonds is 6. The number of benzene rings is 3. The van der Waals surface area contributed by atoms with Gasteiger partial charge in [0.15, 0.2) is 11.6 Å². The minimum Gasteiger partial charge on any atom is -0.492 e. The van der Waals surface area contributed by atoms with Crippen LogP contribution in [0.1, 0.15) is 37.4 Å². The van der Waals surface area contributed by atoms with E-state index in [1.165, 1.54) is 28.1 Å². The minimum absolute atomic E-state index is 0.0351. The molecule has 8 heteroatoms. The fourth-order valence-corrected chi connectivity index (χ4v) is 5.96. The van der Waals surface area contributed by atoms with E-state index >= 15 is 0 Å². The lowest BCUT2D eigenvalue weighted by Crippen LogP contribution is -2.49. The molecule has 1 heterocycles. The van der Waals surface area contributed by atoms with Gasteiger partial charge < -0.3 is 4.74 Å². The van der Waals surface area contributed by atoms with Crippen molar-refractivity contribution in [2.24, 2.45) is 0 Å². The molecule has 0 N–H and O–H groups in total. The molecule has 3 aromatic carbocycles. The molecule has 0 atom stereocenters. The maximum absolute atomic E-state index is 13.3. The van der Waals surface area contributed by atoms with E-state index in [2.05, 4.69) is 4.90 Å². The summed E-state index contributed by atoms with van der Waals surface area (Å²) >= 11 is 0. The van der Waals surface area contributed by atoms with Crippen molar-refractivity contribution in [1.29, 1.82) is 0 Å². The Balaban J connectivity index is 1.24. The summed E-state index contributed by atoms with van der Waals surface area (Å²) in [5, 5.41) is 0. The van der Waals surface area contributed by atoms with Gasteiger partial charge in [0.2, 0.25) is 10.0 Å². The van der Waals surface area contributed by atoms with Gasteiger partial charge in [-0.15, -0.1) is 0 Å². The number of carbonyl (C=O) groups excluding carboxylic acids is 2. The zero-order chi connectivity index (χ0) is 24.6. The number of piperazine rings is 1. The molecule has 0 radical (unpaired) electrons. The Hall–Kier alpha value is -3.33. The second-order valence-corrected chi connectivity index (χ2v) is 10.8. The van der Waals surface area contributed by atoms with Gasteiger partial charge in [-0.3, -0.25) is 14.5 Å². The summed E-state index contributed by atoms with van der Waals surface area (Å²) in [4.78, 5) is 28.0. The highest BCUT2D eigenvalue weighted by molar-refractivity contribution is 7.89. The summed E-state index contributed by atoms with van der Waals surface area (Å²) in [6, 6.07) is 18.7. The largest absolute Gasteiger partial charge is 0.492 e. The van der Waals surface area contributed by atoms with Gasteiger partial charge in [-0.1, -0.05) is 42.0 Å². The average molecular weight is 491 g/mol. The van der Waals surface area contributed by atoms with E-state index in [9.17, 15) is 18.0 Å². The zero-order valence-electron chi connectivity index (χ0n) is 19.4. The molecule has 180 valence electrons. The van der Waals surface area contributed by atoms with Crippen LogP contribution in [0.3, 0.4) is 0 Å². The van der Waals surface area contributed by atoms with Gasteiger partial charge >= 0.3 is 0 Å². The summed E-state index contributed by atoms with van der Waals surface area (Å²) in [7, 11) is -3.79. The molecule has 0 saturated carbocycles. The van der Waals surface area contributed by atoms with Crippen LogP contribution in [-0.4, -0.2) is 68.5 Å². The number of aryl methyl sites for hydroxylation is 1. The Bertz CT molecular complexity index is 1390. The normalized spacial score (nSPS) is 16.6. The topological polar surface area (TPSA) is 84.0 Å². The van der Waals surface area contributed by atoms with Gasteiger partial charge in [0, 0.05) is 55.0 Å². The molecule has 0 amide bonds. The first-order chi connectivity index (χ1) is 16.8. The van der Waals surface area contributed by atoms with Crippen LogP contribution in [0.4, 0.5) is 0 Å². The lowest BCUT2D eigenvalue weighted by atomic mass is 9.84. The van der Waals surface area contributed by atoms with E-state index in [1.807, 2.05) is 31.2 Å². The third-order valence-corrected chi connectivity index (χ3v) is 8.46. The number of sulfonamides is 1. The van der Waals surface area contributed by atoms with Crippen LogP contribution in [-0.2, 0) is 10.0 Å². The van der Waals surface area contributed by atoms with Crippen LogP contribution < -0.4 is 4.74 Å². The van der Waals surface area contributed by atoms with E-state index in [-0.39, 0.29) is 27.6 Å². The van der Waals surface area contributed by atoms with Gasteiger partial charge in [-0.25, -0.2) is 8.42 Å². The maximum Gasteiger partial charge on any atom is 0.243 e. The molecule has 0 unspecified atom stereocenters. The van der Waals surface area contributed by atoms with Crippen molar-refractivity contribution < 1.29 is 22.7 Å². The van der Waals surface area contributed by atoms with Crippen molar-refractivity contribution in [3.8, 4) is 5.75 Å². The van der Waals surface area contributed by atoms with Crippen molar-refractivity contribution in [3.05, 3.63) is 94.5 Å². The summed E-state index contributed by atoms with van der Waals surface area (Å²) < 4.78 is 33.9. The number of ketones is 2. The molecule has 1 fully saturated rings. The number of hydrogen-bond acceptors (Lipinski definition) is 6. The van der Waals surface area contributed by atoms with Crippen LogP contribution in [0, 0.1) is 6.92 Å². The summed E-state index contributed by atoms with van der Waals surface area (Å²) in [6.07, 6.45) is 0. The van der Waals surface area contributed by atoms with Crippen molar-refractivity contribution >= 4 is 21.6 Å². The lowest BCUT2D eigenvalue weighted by Gasteiger charge is -2.34. The van der Waals surface area contributed by atoms with Gasteiger partial charge in [-0.2, -0.15) is 4.31 Å². The second kappa shape index (κ2) is 9.37. The Morgan fingerprint density at radius 2 is 1.37 bits per heavy atom. The highest BCUT2D eigenvalue weighted by atomic mass is 32.2. The van der Waals surface area contributed by atoms with Crippen LogP contribution in [0.25, 0.3) is 0 Å². The third-order valence-electron chi connectivity index (χ3n) is 6.56. The highest BCUT2D eigenvalue weighted by Gasteiger charge is 2.33. The van der Waals surface area contributed by atoms with Crippen LogP contribution in [0.5, 0.6) is 5.75 Å². The fourth-order valence-electron chi connectivity index (χ4n) is 4.51. The average Bonchev–Trinajstić information content (AvgIpc) is 2.88. The first kappa shape index (κ1) is 23.4. The maximum atomic E-state index is 13.3. The predicted octanol–water partition coefficient (Wildman–Crippen LogP) is 3.16. The fraction of sp³-hybridized carbons (Fsp3) is 0.259. The third kappa shape index (κ3) is 4.52. The van der Waals surface area contributed by atoms with Crippen molar-refractivity contribution in [3.63, 3.8) is 0 Å². The molecular formula is C27H26N2O5S. The van der Waals surface area contributed by atoms with Gasteiger partial charge in [0.1, 0.15) is 12.4 Å². The Morgan fingerprint density at radius 1 is 0.771 bits per heavy atom. The summed E-state index contributed by atoms with van der Waals surface area (Å²) in [5.74, 6) is 0.228. The van der Waals surface area contributed by atoms with E-state index in [1.54, 1.807) is 24.3 Å². The summed E-state index contributed by atoms with van der Waals surface area (Å²) in [6.45, 7) is 5.13. The molecule has 2 aliphatic rings. The first-order valence-electron chi connectivity index (χ1n) is 11.6. The first-order valence-corrected chi connectivity index (χ1v) is 13.0. The Morgan fingerprint density at radius 3 is 2.03 bits per heavy atom. The number of nitrogens with zero attached hydrogens (tertiary/aromatic N) is 2. The molecule has 0 spiro atoms. The van der Waals surface area contributed by atoms with Crippen LogP contribution >= 0.6 is 0 Å². The second-order valence-electron chi connectivity index (χ2n) is 8.82. The molecule has 5 rings (SSSR count). The molecule has 35 heavy (non-hydrogen) atoms. The standard InChI is InChI=1S/C27H26N2O5S/c1-19-6-8-20(9-7-19)34-17-16-28-12-14-29(15-13-28)35(32,33)21-10-11-24-25(18-21)27(31)23-5-3-2-4-22(23)26(24)30/h2-11,18H,12-17H2,1H3. The van der Waals surface area contributed by atoms with Crippen LogP contribution in [0.15, 0.2) is 71.6 Å². The van der Waals surface area contributed by atoms with Gasteiger partial charge in [0.05, 0.1) is 4.90 Å². The number of ether oxygens (including phenoxy) is 1.